The molecule has 0 N–H and O–H groups in total. The second-order valence-corrected chi connectivity index (χ2v) is 7.01. The number of hydrogen-bond donors (Lipinski definition) is 0. The highest BCUT2D eigenvalue weighted by Crippen LogP contribution is 2.49. The molecule has 1 saturated heterocycles. The summed E-state index contributed by atoms with van der Waals surface area (Å²) in [7, 11) is 0. The summed E-state index contributed by atoms with van der Waals surface area (Å²) in [4.78, 5) is 26.4. The molecule has 5 heteroatoms. The molecule has 1 saturated carbocycles. The van der Waals surface area contributed by atoms with Crippen LogP contribution in [0.2, 0.25) is 5.02 Å². The van der Waals surface area contributed by atoms with E-state index in [1.807, 2.05) is 13.0 Å². The number of amides is 2. The van der Waals surface area contributed by atoms with E-state index in [1.54, 1.807) is 6.07 Å². The Labute approximate surface area is 131 Å². The lowest BCUT2D eigenvalue weighted by atomic mass is 9.84. The van der Waals surface area contributed by atoms with Crippen LogP contribution in [0.3, 0.4) is 0 Å². The summed E-state index contributed by atoms with van der Waals surface area (Å²) in [6, 6.07) is 3.54. The van der Waals surface area contributed by atoms with Crippen molar-refractivity contribution >= 4 is 45.0 Å². The fraction of sp³-hybridized carbons (Fsp3) is 0.467. The SMILES string of the molecule is Cc1cc(Br)c(N2C(=O)CC3(CCCC3)C2=O)cc1Cl. The molecular formula is C15H15BrClNO2. The summed E-state index contributed by atoms with van der Waals surface area (Å²) in [6.07, 6.45) is 4.05. The van der Waals surface area contributed by atoms with Crippen LogP contribution in [-0.2, 0) is 9.59 Å². The Morgan fingerprint density at radius 1 is 1.25 bits per heavy atom. The number of hydrogen-bond acceptors (Lipinski definition) is 2. The van der Waals surface area contributed by atoms with E-state index >= 15 is 0 Å². The highest BCUT2D eigenvalue weighted by molar-refractivity contribution is 9.10. The number of aryl methyl sites for hydroxylation is 1. The van der Waals surface area contributed by atoms with Crippen molar-refractivity contribution in [2.75, 3.05) is 4.90 Å². The molecule has 1 heterocycles. The molecule has 0 bridgehead atoms. The zero-order chi connectivity index (χ0) is 14.5. The van der Waals surface area contributed by atoms with Crippen LogP contribution < -0.4 is 4.90 Å². The predicted octanol–water partition coefficient (Wildman–Crippen LogP) is 4.23. The molecule has 1 aliphatic carbocycles. The molecule has 1 aromatic carbocycles. The topological polar surface area (TPSA) is 37.4 Å². The molecule has 1 aliphatic heterocycles. The maximum absolute atomic E-state index is 12.7. The van der Waals surface area contributed by atoms with Crippen LogP contribution in [-0.4, -0.2) is 11.8 Å². The summed E-state index contributed by atoms with van der Waals surface area (Å²) < 4.78 is 0.733. The van der Waals surface area contributed by atoms with Crippen molar-refractivity contribution in [3.05, 3.63) is 27.2 Å². The number of halogens is 2. The van der Waals surface area contributed by atoms with Gasteiger partial charge in [0.15, 0.2) is 0 Å². The first-order valence-corrected chi connectivity index (χ1v) is 7.95. The minimum atomic E-state index is -0.451. The van der Waals surface area contributed by atoms with Crippen LogP contribution in [0.15, 0.2) is 16.6 Å². The third-order valence-electron chi connectivity index (χ3n) is 4.43. The minimum Gasteiger partial charge on any atom is -0.274 e. The largest absolute Gasteiger partial charge is 0.274 e. The monoisotopic (exact) mass is 355 g/mol. The lowest BCUT2D eigenvalue weighted by molar-refractivity contribution is -0.125. The Morgan fingerprint density at radius 2 is 1.90 bits per heavy atom. The van der Waals surface area contributed by atoms with Crippen molar-refractivity contribution in [3.63, 3.8) is 0 Å². The van der Waals surface area contributed by atoms with Crippen molar-refractivity contribution in [2.24, 2.45) is 5.41 Å². The number of imide groups is 1. The van der Waals surface area contributed by atoms with E-state index in [1.165, 1.54) is 4.90 Å². The smallest absolute Gasteiger partial charge is 0.240 e. The number of carbonyl (C=O) groups is 2. The molecule has 0 aromatic heterocycles. The van der Waals surface area contributed by atoms with Gasteiger partial charge in [0.1, 0.15) is 0 Å². The van der Waals surface area contributed by atoms with Gasteiger partial charge in [-0.15, -0.1) is 0 Å². The van der Waals surface area contributed by atoms with Gasteiger partial charge in [0.2, 0.25) is 11.8 Å². The molecule has 0 radical (unpaired) electrons. The van der Waals surface area contributed by atoms with E-state index in [9.17, 15) is 9.59 Å². The van der Waals surface area contributed by atoms with E-state index < -0.39 is 5.41 Å². The molecule has 20 heavy (non-hydrogen) atoms. The normalized spacial score (nSPS) is 21.2. The average Bonchev–Trinajstić information content (AvgIpc) is 2.93. The molecule has 1 spiro atoms. The molecule has 2 amide bonds. The van der Waals surface area contributed by atoms with Crippen LogP contribution in [0.1, 0.15) is 37.7 Å². The summed E-state index contributed by atoms with van der Waals surface area (Å²) in [5, 5.41) is 0.566. The van der Waals surface area contributed by atoms with Crippen molar-refractivity contribution < 1.29 is 9.59 Å². The standard InChI is InChI=1S/C15H15BrClNO2/c1-9-6-10(16)12(7-11(9)17)18-13(19)8-15(14(18)20)4-2-3-5-15/h6-7H,2-5,8H2,1H3. The van der Waals surface area contributed by atoms with Gasteiger partial charge in [0.25, 0.3) is 0 Å². The second-order valence-electron chi connectivity index (χ2n) is 5.75. The molecule has 3 nitrogen and oxygen atoms in total. The van der Waals surface area contributed by atoms with E-state index in [0.717, 1.165) is 35.7 Å². The van der Waals surface area contributed by atoms with Crippen molar-refractivity contribution in [1.29, 1.82) is 0 Å². The van der Waals surface area contributed by atoms with Crippen LogP contribution in [0.4, 0.5) is 5.69 Å². The number of carbonyl (C=O) groups excluding carboxylic acids is 2. The van der Waals surface area contributed by atoms with Crippen molar-refractivity contribution in [2.45, 2.75) is 39.0 Å². The average molecular weight is 357 g/mol. The Morgan fingerprint density at radius 3 is 2.55 bits per heavy atom. The van der Waals surface area contributed by atoms with E-state index in [-0.39, 0.29) is 11.8 Å². The van der Waals surface area contributed by atoms with Crippen LogP contribution in [0.5, 0.6) is 0 Å². The van der Waals surface area contributed by atoms with Crippen molar-refractivity contribution in [3.8, 4) is 0 Å². The number of anilines is 1. The first-order chi connectivity index (χ1) is 9.44. The Bertz CT molecular complexity index is 608. The maximum atomic E-state index is 12.7. The lowest BCUT2D eigenvalue weighted by Crippen LogP contribution is -2.34. The second kappa shape index (κ2) is 4.85. The molecule has 1 aromatic rings. The van der Waals surface area contributed by atoms with Crippen LogP contribution in [0, 0.1) is 12.3 Å². The van der Waals surface area contributed by atoms with Gasteiger partial charge >= 0.3 is 0 Å². The fourth-order valence-corrected chi connectivity index (χ4v) is 4.08. The van der Waals surface area contributed by atoms with E-state index in [4.69, 9.17) is 11.6 Å². The van der Waals surface area contributed by atoms with Gasteiger partial charge in [-0.3, -0.25) is 9.59 Å². The summed E-state index contributed by atoms with van der Waals surface area (Å²) in [6.45, 7) is 1.89. The van der Waals surface area contributed by atoms with Gasteiger partial charge in [-0.1, -0.05) is 24.4 Å². The highest BCUT2D eigenvalue weighted by Gasteiger charge is 2.53. The summed E-state index contributed by atoms with van der Waals surface area (Å²) >= 11 is 9.58. The van der Waals surface area contributed by atoms with Gasteiger partial charge in [-0.05, 0) is 53.4 Å². The Hall–Kier alpha value is -0.870. The third-order valence-corrected chi connectivity index (χ3v) is 5.47. The fourth-order valence-electron chi connectivity index (χ4n) is 3.29. The highest BCUT2D eigenvalue weighted by atomic mass is 79.9. The van der Waals surface area contributed by atoms with Crippen LogP contribution in [0.25, 0.3) is 0 Å². The van der Waals surface area contributed by atoms with Gasteiger partial charge in [0.05, 0.1) is 11.1 Å². The molecule has 0 atom stereocenters. The Kier molecular flexibility index (Phi) is 3.41. The third kappa shape index (κ3) is 2.01. The number of nitrogens with zero attached hydrogens (tertiary/aromatic N) is 1. The maximum Gasteiger partial charge on any atom is 0.240 e. The van der Waals surface area contributed by atoms with Crippen LogP contribution >= 0.6 is 27.5 Å². The molecule has 2 fully saturated rings. The van der Waals surface area contributed by atoms with Crippen molar-refractivity contribution in [1.82, 2.24) is 0 Å². The van der Waals surface area contributed by atoms with Gasteiger partial charge in [0, 0.05) is 15.9 Å². The molecule has 3 rings (SSSR count). The molecule has 2 aliphatic rings. The van der Waals surface area contributed by atoms with Gasteiger partial charge in [-0.25, -0.2) is 4.90 Å². The van der Waals surface area contributed by atoms with Gasteiger partial charge in [-0.2, -0.15) is 0 Å². The number of rotatable bonds is 1. The predicted molar refractivity (Wildman–Crippen MR) is 81.9 cm³/mol. The lowest BCUT2D eigenvalue weighted by Gasteiger charge is -2.22. The zero-order valence-electron chi connectivity index (χ0n) is 11.2. The Balaban J connectivity index is 2.04. The summed E-state index contributed by atoms with van der Waals surface area (Å²) in [5.41, 5.74) is 1.03. The minimum absolute atomic E-state index is 0.0550. The zero-order valence-corrected chi connectivity index (χ0v) is 13.6. The van der Waals surface area contributed by atoms with E-state index in [2.05, 4.69) is 15.9 Å². The first kappa shape index (κ1) is 14.1. The number of benzene rings is 1. The quantitative estimate of drug-likeness (QED) is 0.706. The molecule has 106 valence electrons. The molecule has 0 unspecified atom stereocenters. The first-order valence-electron chi connectivity index (χ1n) is 6.78. The summed E-state index contributed by atoms with van der Waals surface area (Å²) in [5.74, 6) is -0.168. The van der Waals surface area contributed by atoms with Gasteiger partial charge < -0.3 is 0 Å². The van der Waals surface area contributed by atoms with E-state index in [0.29, 0.717) is 17.1 Å². The molecular weight excluding hydrogens is 342 g/mol.